The van der Waals surface area contributed by atoms with Crippen LogP contribution in [-0.2, 0) is 0 Å². The molecule has 22 heavy (non-hydrogen) atoms. The first kappa shape index (κ1) is 18.0. The fourth-order valence-electron chi connectivity index (χ4n) is 5.82. The van der Waals surface area contributed by atoms with Crippen molar-refractivity contribution in [3.8, 4) is 0 Å². The van der Waals surface area contributed by atoms with E-state index in [-0.39, 0.29) is 0 Å². The zero-order valence-electron chi connectivity index (χ0n) is 15.0. The molecule has 0 N–H and O–H groups in total. The number of halogens is 1. The molecule has 0 radical (unpaired) electrons. The molecule has 2 aliphatic rings. The third-order valence-electron chi connectivity index (χ3n) is 6.95. The summed E-state index contributed by atoms with van der Waals surface area (Å²) >= 11 is 0. The maximum absolute atomic E-state index is 12.2. The molecule has 0 aromatic heterocycles. The Kier molecular flexibility index (Phi) is 7.44. The van der Waals surface area contributed by atoms with Crippen LogP contribution in [0.2, 0.25) is 0 Å². The molecule has 0 aromatic rings. The quantitative estimate of drug-likeness (QED) is 0.458. The second-order valence-electron chi connectivity index (χ2n) is 8.00. The summed E-state index contributed by atoms with van der Waals surface area (Å²) in [5.41, 5.74) is 0.657. The highest BCUT2D eigenvalue weighted by Gasteiger charge is 2.45. The standard InChI is InChI=1S/C21H37F/c1-3-9-19(4-2)21(15-6-5-7-16-21)20-13-11-18(12-14-20)10-8-17-22/h8,17-20H,3-7,9-16H2,1-2H3/b17-8+. The van der Waals surface area contributed by atoms with E-state index >= 15 is 0 Å². The van der Waals surface area contributed by atoms with Crippen LogP contribution in [-0.4, -0.2) is 0 Å². The molecular weight excluding hydrogens is 271 g/mol. The lowest BCUT2D eigenvalue weighted by Crippen LogP contribution is -2.41. The van der Waals surface area contributed by atoms with E-state index in [9.17, 15) is 4.39 Å². The number of hydrogen-bond donors (Lipinski definition) is 0. The normalized spacial score (nSPS) is 30.5. The van der Waals surface area contributed by atoms with Crippen LogP contribution in [0.4, 0.5) is 4.39 Å². The van der Waals surface area contributed by atoms with E-state index < -0.39 is 0 Å². The van der Waals surface area contributed by atoms with Crippen molar-refractivity contribution in [3.63, 3.8) is 0 Å². The molecule has 0 aromatic carbocycles. The molecule has 0 bridgehead atoms. The van der Waals surface area contributed by atoms with Gasteiger partial charge in [-0.2, -0.15) is 0 Å². The molecule has 0 amide bonds. The van der Waals surface area contributed by atoms with E-state index in [4.69, 9.17) is 0 Å². The van der Waals surface area contributed by atoms with Crippen molar-refractivity contribution in [2.24, 2.45) is 23.2 Å². The van der Waals surface area contributed by atoms with Gasteiger partial charge < -0.3 is 0 Å². The number of allylic oxidation sites excluding steroid dienone is 1. The lowest BCUT2D eigenvalue weighted by molar-refractivity contribution is -0.00930. The van der Waals surface area contributed by atoms with Crippen molar-refractivity contribution in [3.05, 3.63) is 12.4 Å². The van der Waals surface area contributed by atoms with E-state index in [1.165, 1.54) is 77.0 Å². The van der Waals surface area contributed by atoms with Crippen molar-refractivity contribution in [2.45, 2.75) is 97.3 Å². The minimum absolute atomic E-state index is 0.657. The Morgan fingerprint density at radius 2 is 1.73 bits per heavy atom. The van der Waals surface area contributed by atoms with E-state index in [1.54, 1.807) is 6.08 Å². The van der Waals surface area contributed by atoms with Gasteiger partial charge in [0.15, 0.2) is 0 Å². The Bertz CT molecular complexity index is 319. The molecule has 1 heteroatoms. The van der Waals surface area contributed by atoms with E-state index in [0.717, 1.165) is 30.5 Å². The first-order valence-electron chi connectivity index (χ1n) is 10.0. The van der Waals surface area contributed by atoms with Crippen molar-refractivity contribution in [2.75, 3.05) is 0 Å². The second kappa shape index (κ2) is 9.08. The second-order valence-corrected chi connectivity index (χ2v) is 8.00. The smallest absolute Gasteiger partial charge is 0.0827 e. The summed E-state index contributed by atoms with van der Waals surface area (Å²) in [6.07, 6.45) is 20.4. The summed E-state index contributed by atoms with van der Waals surface area (Å²) in [5, 5.41) is 0. The summed E-state index contributed by atoms with van der Waals surface area (Å²) in [7, 11) is 0. The number of rotatable bonds is 7. The Balaban J connectivity index is 2.03. The molecule has 0 saturated heterocycles. The highest BCUT2D eigenvalue weighted by molar-refractivity contribution is 4.96. The van der Waals surface area contributed by atoms with Crippen LogP contribution in [0.25, 0.3) is 0 Å². The van der Waals surface area contributed by atoms with Gasteiger partial charge in [0.1, 0.15) is 0 Å². The van der Waals surface area contributed by atoms with Gasteiger partial charge in [0.2, 0.25) is 0 Å². The SMILES string of the molecule is CCCC(CC)C1(C2CCC(C/C=C/F)CC2)CCCCC1. The van der Waals surface area contributed by atoms with Gasteiger partial charge in [-0.25, -0.2) is 4.39 Å². The van der Waals surface area contributed by atoms with Gasteiger partial charge >= 0.3 is 0 Å². The summed E-state index contributed by atoms with van der Waals surface area (Å²) in [5.74, 6) is 2.65. The van der Waals surface area contributed by atoms with Gasteiger partial charge in [-0.3, -0.25) is 0 Å². The summed E-state index contributed by atoms with van der Waals surface area (Å²) < 4.78 is 12.2. The highest BCUT2D eigenvalue weighted by Crippen LogP contribution is 2.55. The summed E-state index contributed by atoms with van der Waals surface area (Å²) in [6.45, 7) is 4.79. The molecular formula is C21H37F. The third kappa shape index (κ3) is 4.15. The van der Waals surface area contributed by atoms with E-state index in [1.807, 2.05) is 0 Å². The lowest BCUT2D eigenvalue weighted by atomic mass is 9.54. The van der Waals surface area contributed by atoms with Crippen LogP contribution < -0.4 is 0 Å². The summed E-state index contributed by atoms with van der Waals surface area (Å²) in [6, 6.07) is 0. The van der Waals surface area contributed by atoms with Gasteiger partial charge in [0.25, 0.3) is 0 Å². The molecule has 0 nitrogen and oxygen atoms in total. The van der Waals surface area contributed by atoms with Gasteiger partial charge in [0, 0.05) is 0 Å². The molecule has 2 saturated carbocycles. The zero-order chi connectivity index (χ0) is 15.8. The molecule has 2 rings (SSSR count). The largest absolute Gasteiger partial charge is 0.216 e. The third-order valence-corrected chi connectivity index (χ3v) is 6.95. The predicted octanol–water partition coefficient (Wildman–Crippen LogP) is 7.44. The van der Waals surface area contributed by atoms with Crippen LogP contribution in [0.15, 0.2) is 12.4 Å². The monoisotopic (exact) mass is 308 g/mol. The van der Waals surface area contributed by atoms with E-state index in [2.05, 4.69) is 13.8 Å². The van der Waals surface area contributed by atoms with Gasteiger partial charge in [0.05, 0.1) is 6.33 Å². The summed E-state index contributed by atoms with van der Waals surface area (Å²) in [4.78, 5) is 0. The minimum atomic E-state index is 0.657. The van der Waals surface area contributed by atoms with Gasteiger partial charge in [-0.15, -0.1) is 0 Å². The Hall–Kier alpha value is -0.330. The van der Waals surface area contributed by atoms with Crippen LogP contribution in [0, 0.1) is 23.2 Å². The van der Waals surface area contributed by atoms with Crippen LogP contribution in [0.3, 0.4) is 0 Å². The average molecular weight is 309 g/mol. The fourth-order valence-corrected chi connectivity index (χ4v) is 5.82. The van der Waals surface area contributed by atoms with Crippen LogP contribution in [0.5, 0.6) is 0 Å². The van der Waals surface area contributed by atoms with Crippen molar-refractivity contribution < 1.29 is 4.39 Å². The molecule has 1 atom stereocenters. The fraction of sp³-hybridized carbons (Fsp3) is 0.905. The van der Waals surface area contributed by atoms with Gasteiger partial charge in [-0.05, 0) is 68.1 Å². The Morgan fingerprint density at radius 1 is 1.05 bits per heavy atom. The van der Waals surface area contributed by atoms with Gasteiger partial charge in [-0.1, -0.05) is 58.4 Å². The molecule has 0 aliphatic heterocycles. The number of hydrogen-bond acceptors (Lipinski definition) is 0. The highest BCUT2D eigenvalue weighted by atomic mass is 19.1. The molecule has 1 unspecified atom stereocenters. The Morgan fingerprint density at radius 3 is 2.27 bits per heavy atom. The van der Waals surface area contributed by atoms with E-state index in [0.29, 0.717) is 5.41 Å². The van der Waals surface area contributed by atoms with Crippen molar-refractivity contribution in [1.29, 1.82) is 0 Å². The average Bonchev–Trinajstić information content (AvgIpc) is 2.59. The maximum Gasteiger partial charge on any atom is 0.0827 e. The molecule has 2 aliphatic carbocycles. The lowest BCUT2D eigenvalue weighted by Gasteiger charge is -2.51. The van der Waals surface area contributed by atoms with Crippen molar-refractivity contribution in [1.82, 2.24) is 0 Å². The first-order chi connectivity index (χ1) is 10.8. The Labute approximate surface area is 138 Å². The molecule has 128 valence electrons. The minimum Gasteiger partial charge on any atom is -0.216 e. The first-order valence-corrected chi connectivity index (χ1v) is 10.0. The molecule has 0 spiro atoms. The molecule has 2 fully saturated rings. The maximum atomic E-state index is 12.2. The van der Waals surface area contributed by atoms with Crippen LogP contribution in [0.1, 0.15) is 97.3 Å². The zero-order valence-corrected chi connectivity index (χ0v) is 15.0. The predicted molar refractivity (Wildman–Crippen MR) is 94.5 cm³/mol. The van der Waals surface area contributed by atoms with Crippen molar-refractivity contribution >= 4 is 0 Å². The molecule has 0 heterocycles. The topological polar surface area (TPSA) is 0 Å². The van der Waals surface area contributed by atoms with Crippen LogP contribution >= 0.6 is 0 Å².